The number of benzene rings is 1. The number of hydrogen-bond acceptors (Lipinski definition) is 4. The molecule has 0 N–H and O–H groups in total. The van der Waals surface area contributed by atoms with E-state index >= 15 is 0 Å². The predicted octanol–water partition coefficient (Wildman–Crippen LogP) is 1.62. The van der Waals surface area contributed by atoms with Gasteiger partial charge in [0, 0.05) is 6.42 Å². The summed E-state index contributed by atoms with van der Waals surface area (Å²) < 4.78 is 16.0. The third-order valence-electron chi connectivity index (χ3n) is 3.50. The van der Waals surface area contributed by atoms with E-state index in [0.29, 0.717) is 18.8 Å². The minimum Gasteiger partial charge on any atom is -0.465 e. The van der Waals surface area contributed by atoms with Crippen LogP contribution in [0.5, 0.6) is 0 Å². The Kier molecular flexibility index (Phi) is 2.42. The summed E-state index contributed by atoms with van der Waals surface area (Å²) in [6.45, 7) is 1.91. The van der Waals surface area contributed by atoms with Crippen LogP contribution in [0, 0.1) is 0 Å². The number of rotatable bonds is 1. The standard InChI is InChI=1S/C13H14O4/c1-15-12(14)9-2-3-10-7-16-8-13(4-5-17-13)11(10)6-9/h2-3,6H,4-5,7-8H2,1H3. The highest BCUT2D eigenvalue weighted by Gasteiger charge is 2.44. The molecule has 90 valence electrons. The summed E-state index contributed by atoms with van der Waals surface area (Å²) in [6.07, 6.45) is 0.949. The zero-order valence-corrected chi connectivity index (χ0v) is 9.69. The van der Waals surface area contributed by atoms with Gasteiger partial charge in [-0.3, -0.25) is 0 Å². The molecule has 0 aliphatic carbocycles. The Labute approximate surface area is 99.5 Å². The van der Waals surface area contributed by atoms with Crippen molar-refractivity contribution in [2.75, 3.05) is 20.3 Å². The van der Waals surface area contributed by atoms with Crippen LogP contribution in [0.1, 0.15) is 27.9 Å². The van der Waals surface area contributed by atoms with Gasteiger partial charge in [0.15, 0.2) is 0 Å². The molecule has 4 nitrogen and oxygen atoms in total. The van der Waals surface area contributed by atoms with Gasteiger partial charge in [-0.2, -0.15) is 0 Å². The molecule has 2 aliphatic rings. The van der Waals surface area contributed by atoms with Gasteiger partial charge >= 0.3 is 5.97 Å². The molecule has 17 heavy (non-hydrogen) atoms. The van der Waals surface area contributed by atoms with E-state index in [1.165, 1.54) is 7.11 Å². The molecule has 0 saturated carbocycles. The maximum Gasteiger partial charge on any atom is 0.337 e. The number of ether oxygens (including phenoxy) is 3. The van der Waals surface area contributed by atoms with Crippen LogP contribution in [0.15, 0.2) is 18.2 Å². The lowest BCUT2D eigenvalue weighted by Gasteiger charge is -2.45. The first-order chi connectivity index (χ1) is 8.25. The van der Waals surface area contributed by atoms with E-state index in [0.717, 1.165) is 24.2 Å². The largest absolute Gasteiger partial charge is 0.465 e. The summed E-state index contributed by atoms with van der Waals surface area (Å²) in [7, 11) is 1.39. The second-order valence-electron chi connectivity index (χ2n) is 4.45. The van der Waals surface area contributed by atoms with Crippen LogP contribution < -0.4 is 0 Å². The SMILES string of the molecule is COC(=O)c1ccc2c(c1)C1(CCO1)COC2. The van der Waals surface area contributed by atoms with Gasteiger partial charge in [0.1, 0.15) is 5.60 Å². The van der Waals surface area contributed by atoms with E-state index in [1.807, 2.05) is 12.1 Å². The molecule has 4 heteroatoms. The number of methoxy groups -OCH3 is 1. The Morgan fingerprint density at radius 3 is 2.94 bits per heavy atom. The average molecular weight is 234 g/mol. The van der Waals surface area contributed by atoms with Crippen LogP contribution in [0.25, 0.3) is 0 Å². The van der Waals surface area contributed by atoms with Gasteiger partial charge in [-0.25, -0.2) is 4.79 Å². The van der Waals surface area contributed by atoms with Gasteiger partial charge in [0.25, 0.3) is 0 Å². The second-order valence-corrected chi connectivity index (χ2v) is 4.45. The molecule has 0 aromatic heterocycles. The van der Waals surface area contributed by atoms with Crippen molar-refractivity contribution < 1.29 is 19.0 Å². The van der Waals surface area contributed by atoms with Gasteiger partial charge in [-0.05, 0) is 23.3 Å². The highest BCUT2D eigenvalue weighted by Crippen LogP contribution is 2.42. The van der Waals surface area contributed by atoms with Crippen molar-refractivity contribution in [3.63, 3.8) is 0 Å². The number of hydrogen-bond donors (Lipinski definition) is 0. The minimum absolute atomic E-state index is 0.311. The van der Waals surface area contributed by atoms with Crippen molar-refractivity contribution in [2.24, 2.45) is 0 Å². The lowest BCUT2D eigenvalue weighted by molar-refractivity contribution is -0.199. The molecule has 1 spiro atoms. The van der Waals surface area contributed by atoms with Crippen LogP contribution in [0.4, 0.5) is 0 Å². The molecule has 1 unspecified atom stereocenters. The molecular weight excluding hydrogens is 220 g/mol. The summed E-state index contributed by atoms with van der Waals surface area (Å²) >= 11 is 0. The molecule has 0 bridgehead atoms. The van der Waals surface area contributed by atoms with Gasteiger partial charge in [0.2, 0.25) is 0 Å². The van der Waals surface area contributed by atoms with E-state index in [9.17, 15) is 4.79 Å². The fourth-order valence-electron chi connectivity index (χ4n) is 2.45. The fourth-order valence-corrected chi connectivity index (χ4v) is 2.45. The molecule has 3 rings (SSSR count). The first kappa shape index (κ1) is 10.7. The molecule has 2 aliphatic heterocycles. The monoisotopic (exact) mass is 234 g/mol. The molecule has 1 atom stereocenters. The van der Waals surface area contributed by atoms with E-state index in [-0.39, 0.29) is 11.6 Å². The summed E-state index contributed by atoms with van der Waals surface area (Å²) in [4.78, 5) is 11.5. The first-order valence-corrected chi connectivity index (χ1v) is 5.69. The Balaban J connectivity index is 2.05. The molecule has 1 aromatic carbocycles. The third kappa shape index (κ3) is 1.56. The summed E-state index contributed by atoms with van der Waals surface area (Å²) in [5.41, 5.74) is 2.43. The van der Waals surface area contributed by atoms with Crippen molar-refractivity contribution >= 4 is 5.97 Å². The number of carbonyl (C=O) groups excluding carboxylic acids is 1. The zero-order valence-electron chi connectivity index (χ0n) is 9.69. The lowest BCUT2D eigenvalue weighted by atomic mass is 9.82. The lowest BCUT2D eigenvalue weighted by Crippen LogP contribution is -2.47. The summed E-state index contributed by atoms with van der Waals surface area (Å²) in [5.74, 6) is -0.311. The van der Waals surface area contributed by atoms with Gasteiger partial charge in [-0.1, -0.05) is 6.07 Å². The molecule has 2 heterocycles. The summed E-state index contributed by atoms with van der Waals surface area (Å²) in [5, 5.41) is 0. The molecule has 1 saturated heterocycles. The van der Waals surface area contributed by atoms with E-state index in [1.54, 1.807) is 6.07 Å². The Bertz CT molecular complexity index is 462. The van der Waals surface area contributed by atoms with Crippen LogP contribution in [-0.2, 0) is 26.4 Å². The van der Waals surface area contributed by atoms with Crippen molar-refractivity contribution in [1.29, 1.82) is 0 Å². The second kappa shape index (κ2) is 3.82. The van der Waals surface area contributed by atoms with Gasteiger partial charge in [0.05, 0.1) is 32.5 Å². The highest BCUT2D eigenvalue weighted by atomic mass is 16.6. The minimum atomic E-state index is -0.322. The van der Waals surface area contributed by atoms with Crippen LogP contribution in [-0.4, -0.2) is 26.3 Å². The van der Waals surface area contributed by atoms with Crippen molar-refractivity contribution in [2.45, 2.75) is 18.6 Å². The molecule has 1 fully saturated rings. The number of carbonyl (C=O) groups is 1. The maximum atomic E-state index is 11.5. The zero-order chi connectivity index (χ0) is 11.9. The molecule has 0 radical (unpaired) electrons. The highest BCUT2D eigenvalue weighted by molar-refractivity contribution is 5.89. The van der Waals surface area contributed by atoms with Crippen molar-refractivity contribution in [3.8, 4) is 0 Å². The Hall–Kier alpha value is -1.39. The molecule has 0 amide bonds. The average Bonchev–Trinajstić information content (AvgIpc) is 2.34. The number of fused-ring (bicyclic) bond motifs is 2. The van der Waals surface area contributed by atoms with Crippen LogP contribution in [0.3, 0.4) is 0 Å². The van der Waals surface area contributed by atoms with E-state index in [2.05, 4.69) is 0 Å². The quantitative estimate of drug-likeness (QED) is 0.693. The third-order valence-corrected chi connectivity index (χ3v) is 3.50. The van der Waals surface area contributed by atoms with Crippen LogP contribution in [0.2, 0.25) is 0 Å². The topological polar surface area (TPSA) is 44.8 Å². The first-order valence-electron chi connectivity index (χ1n) is 5.69. The Morgan fingerprint density at radius 1 is 1.47 bits per heavy atom. The van der Waals surface area contributed by atoms with E-state index in [4.69, 9.17) is 14.2 Å². The van der Waals surface area contributed by atoms with Crippen molar-refractivity contribution in [1.82, 2.24) is 0 Å². The predicted molar refractivity (Wildman–Crippen MR) is 59.7 cm³/mol. The summed E-state index contributed by atoms with van der Waals surface area (Å²) in [6, 6.07) is 5.57. The Morgan fingerprint density at radius 2 is 2.29 bits per heavy atom. The van der Waals surface area contributed by atoms with Gasteiger partial charge in [-0.15, -0.1) is 0 Å². The van der Waals surface area contributed by atoms with Crippen LogP contribution >= 0.6 is 0 Å². The smallest absolute Gasteiger partial charge is 0.337 e. The van der Waals surface area contributed by atoms with Crippen molar-refractivity contribution in [3.05, 3.63) is 34.9 Å². The maximum absolute atomic E-state index is 11.5. The normalized spacial score (nSPS) is 26.2. The van der Waals surface area contributed by atoms with Gasteiger partial charge < -0.3 is 14.2 Å². The molecular formula is C13H14O4. The fraction of sp³-hybridized carbons (Fsp3) is 0.462. The molecule has 1 aromatic rings. The number of esters is 1. The van der Waals surface area contributed by atoms with E-state index < -0.39 is 0 Å².